The molecule has 0 aliphatic rings. The lowest BCUT2D eigenvalue weighted by Crippen LogP contribution is -2.27. The summed E-state index contributed by atoms with van der Waals surface area (Å²) in [6.07, 6.45) is 1.32. The van der Waals surface area contributed by atoms with E-state index in [0.29, 0.717) is 11.4 Å². The molecule has 0 atom stereocenters. The monoisotopic (exact) mass is 258 g/mol. The van der Waals surface area contributed by atoms with Crippen molar-refractivity contribution in [2.24, 2.45) is 0 Å². The van der Waals surface area contributed by atoms with Gasteiger partial charge >= 0.3 is 0 Å². The molecule has 19 heavy (non-hydrogen) atoms. The second-order valence-corrected chi connectivity index (χ2v) is 3.95. The summed E-state index contributed by atoms with van der Waals surface area (Å²) in [5.74, 6) is -0.0372. The average Bonchev–Trinajstić information content (AvgIpc) is 2.90. The van der Waals surface area contributed by atoms with E-state index in [4.69, 9.17) is 4.42 Å². The summed E-state index contributed by atoms with van der Waals surface area (Å²) in [7, 11) is 0. The molecule has 0 bridgehead atoms. The number of benzene rings is 1. The Bertz CT molecular complexity index is 535. The highest BCUT2D eigenvalue weighted by molar-refractivity contribution is 6.03. The Balaban J connectivity index is 1.74. The first-order chi connectivity index (χ1) is 9.24. The van der Waals surface area contributed by atoms with Gasteiger partial charge in [-0.1, -0.05) is 18.2 Å². The van der Waals surface area contributed by atoms with Crippen molar-refractivity contribution in [1.82, 2.24) is 5.32 Å². The molecule has 0 spiro atoms. The lowest BCUT2D eigenvalue weighted by molar-refractivity contribution is -0.127. The summed E-state index contributed by atoms with van der Waals surface area (Å²) in [5, 5.41) is 5.25. The molecule has 0 saturated heterocycles. The lowest BCUT2D eigenvalue weighted by Gasteiger charge is -2.05. The number of anilines is 1. The largest absolute Gasteiger partial charge is 0.467 e. The number of carbonyl (C=O) groups excluding carboxylic acids is 2. The van der Waals surface area contributed by atoms with Gasteiger partial charge in [0.2, 0.25) is 11.8 Å². The van der Waals surface area contributed by atoms with E-state index in [-0.39, 0.29) is 24.8 Å². The summed E-state index contributed by atoms with van der Waals surface area (Å²) < 4.78 is 5.07. The summed E-state index contributed by atoms with van der Waals surface area (Å²) in [6, 6.07) is 12.5. The second kappa shape index (κ2) is 6.39. The fourth-order valence-corrected chi connectivity index (χ4v) is 1.53. The third-order valence-corrected chi connectivity index (χ3v) is 2.42. The molecule has 2 aromatic rings. The predicted octanol–water partition coefficient (Wildman–Crippen LogP) is 1.92. The van der Waals surface area contributed by atoms with Crippen LogP contribution >= 0.6 is 0 Å². The van der Waals surface area contributed by atoms with Gasteiger partial charge in [0.1, 0.15) is 12.2 Å². The van der Waals surface area contributed by atoms with E-state index in [1.54, 1.807) is 24.3 Å². The highest BCUT2D eigenvalue weighted by Crippen LogP contribution is 2.05. The second-order valence-electron chi connectivity index (χ2n) is 3.95. The maximum atomic E-state index is 11.6. The van der Waals surface area contributed by atoms with Crippen molar-refractivity contribution < 1.29 is 14.0 Å². The van der Waals surface area contributed by atoms with Crippen LogP contribution in [0.3, 0.4) is 0 Å². The van der Waals surface area contributed by atoms with Crippen LogP contribution in [0.15, 0.2) is 53.1 Å². The van der Waals surface area contributed by atoms with Gasteiger partial charge in [-0.3, -0.25) is 9.59 Å². The molecule has 0 radical (unpaired) electrons. The molecule has 0 saturated carbocycles. The Hall–Kier alpha value is -2.56. The number of amides is 2. The van der Waals surface area contributed by atoms with E-state index in [1.165, 1.54) is 6.26 Å². The van der Waals surface area contributed by atoms with E-state index in [1.807, 2.05) is 18.2 Å². The summed E-state index contributed by atoms with van der Waals surface area (Å²) >= 11 is 0. The number of hydrogen-bond donors (Lipinski definition) is 2. The van der Waals surface area contributed by atoms with Crippen molar-refractivity contribution in [2.45, 2.75) is 13.0 Å². The molecule has 0 unspecified atom stereocenters. The first-order valence-corrected chi connectivity index (χ1v) is 5.88. The highest BCUT2D eigenvalue weighted by atomic mass is 16.3. The Morgan fingerprint density at radius 2 is 1.79 bits per heavy atom. The zero-order valence-corrected chi connectivity index (χ0v) is 10.3. The third kappa shape index (κ3) is 4.31. The molecule has 1 aromatic heterocycles. The number of para-hydroxylation sites is 1. The van der Waals surface area contributed by atoms with Gasteiger partial charge in [0.15, 0.2) is 0 Å². The van der Waals surface area contributed by atoms with E-state index in [9.17, 15) is 9.59 Å². The van der Waals surface area contributed by atoms with Gasteiger partial charge in [-0.15, -0.1) is 0 Å². The third-order valence-electron chi connectivity index (χ3n) is 2.42. The molecular weight excluding hydrogens is 244 g/mol. The minimum absolute atomic E-state index is 0.213. The van der Waals surface area contributed by atoms with Crippen molar-refractivity contribution in [3.8, 4) is 0 Å². The maximum Gasteiger partial charge on any atom is 0.233 e. The molecule has 98 valence electrons. The van der Waals surface area contributed by atoms with Crippen LogP contribution in [0, 0.1) is 0 Å². The van der Waals surface area contributed by atoms with E-state index >= 15 is 0 Å². The van der Waals surface area contributed by atoms with Gasteiger partial charge in [-0.25, -0.2) is 0 Å². The SMILES string of the molecule is O=C(CC(=O)Nc1ccccc1)NCc1ccco1. The minimum atomic E-state index is -0.344. The molecule has 2 N–H and O–H groups in total. The van der Waals surface area contributed by atoms with E-state index < -0.39 is 0 Å². The lowest BCUT2D eigenvalue weighted by atomic mass is 10.3. The van der Waals surface area contributed by atoms with Crippen LogP contribution in [0.2, 0.25) is 0 Å². The van der Waals surface area contributed by atoms with Crippen LogP contribution < -0.4 is 10.6 Å². The molecule has 1 heterocycles. The standard InChI is InChI=1S/C14H14N2O3/c17-13(15-10-12-7-4-8-19-12)9-14(18)16-11-5-2-1-3-6-11/h1-8H,9-10H2,(H,15,17)(H,16,18). The number of nitrogens with one attached hydrogen (secondary N) is 2. The number of carbonyl (C=O) groups is 2. The predicted molar refractivity (Wildman–Crippen MR) is 70.2 cm³/mol. The molecule has 2 amide bonds. The number of rotatable bonds is 5. The molecule has 0 aliphatic carbocycles. The molecule has 5 heteroatoms. The topological polar surface area (TPSA) is 71.3 Å². The van der Waals surface area contributed by atoms with Crippen molar-refractivity contribution in [2.75, 3.05) is 5.32 Å². The van der Waals surface area contributed by atoms with Crippen LogP contribution in [0.4, 0.5) is 5.69 Å². The maximum absolute atomic E-state index is 11.6. The summed E-state index contributed by atoms with van der Waals surface area (Å²) in [4.78, 5) is 23.1. The molecule has 1 aromatic carbocycles. The van der Waals surface area contributed by atoms with Crippen molar-refractivity contribution >= 4 is 17.5 Å². The van der Waals surface area contributed by atoms with Crippen molar-refractivity contribution in [1.29, 1.82) is 0 Å². The van der Waals surface area contributed by atoms with Gasteiger partial charge in [0.05, 0.1) is 12.8 Å². The van der Waals surface area contributed by atoms with Crippen molar-refractivity contribution in [3.05, 3.63) is 54.5 Å². The number of furan rings is 1. The minimum Gasteiger partial charge on any atom is -0.467 e. The van der Waals surface area contributed by atoms with Crippen molar-refractivity contribution in [3.63, 3.8) is 0 Å². The summed E-state index contributed by atoms with van der Waals surface area (Å²) in [6.45, 7) is 0.282. The normalized spacial score (nSPS) is 9.89. The molecular formula is C14H14N2O3. The first-order valence-electron chi connectivity index (χ1n) is 5.88. The molecule has 5 nitrogen and oxygen atoms in total. The van der Waals surface area contributed by atoms with Gasteiger partial charge < -0.3 is 15.1 Å². The Kier molecular flexibility index (Phi) is 4.34. The van der Waals surface area contributed by atoms with Gasteiger partial charge in [0, 0.05) is 5.69 Å². The van der Waals surface area contributed by atoms with E-state index in [0.717, 1.165) is 0 Å². The molecule has 0 fully saturated rings. The zero-order valence-electron chi connectivity index (χ0n) is 10.3. The first kappa shape index (κ1) is 12.9. The quantitative estimate of drug-likeness (QED) is 0.805. The molecule has 0 aliphatic heterocycles. The molecule has 2 rings (SSSR count). The van der Waals surface area contributed by atoms with Gasteiger partial charge in [0.25, 0.3) is 0 Å². The van der Waals surface area contributed by atoms with Crippen LogP contribution in [0.25, 0.3) is 0 Å². The highest BCUT2D eigenvalue weighted by Gasteiger charge is 2.09. The average molecular weight is 258 g/mol. The Morgan fingerprint density at radius 1 is 1.00 bits per heavy atom. The van der Waals surface area contributed by atoms with Gasteiger partial charge in [-0.2, -0.15) is 0 Å². The Labute approximate surface area is 110 Å². The van der Waals surface area contributed by atoms with Crippen LogP contribution in [-0.4, -0.2) is 11.8 Å². The smallest absolute Gasteiger partial charge is 0.233 e. The Morgan fingerprint density at radius 3 is 2.47 bits per heavy atom. The van der Waals surface area contributed by atoms with Crippen LogP contribution in [0.5, 0.6) is 0 Å². The van der Waals surface area contributed by atoms with Gasteiger partial charge in [-0.05, 0) is 24.3 Å². The summed E-state index contributed by atoms with van der Waals surface area (Å²) in [5.41, 5.74) is 0.673. The van der Waals surface area contributed by atoms with Crippen LogP contribution in [-0.2, 0) is 16.1 Å². The number of hydrogen-bond acceptors (Lipinski definition) is 3. The van der Waals surface area contributed by atoms with Crippen LogP contribution in [0.1, 0.15) is 12.2 Å². The zero-order chi connectivity index (χ0) is 13.5. The fourth-order valence-electron chi connectivity index (χ4n) is 1.53. The van der Waals surface area contributed by atoms with E-state index in [2.05, 4.69) is 10.6 Å². The fraction of sp³-hybridized carbons (Fsp3) is 0.143.